The summed E-state index contributed by atoms with van der Waals surface area (Å²) in [7, 11) is 3.55. The van der Waals surface area contributed by atoms with Gasteiger partial charge in [-0.2, -0.15) is 0 Å². The largest absolute Gasteiger partial charge is 0.384 e. The van der Waals surface area contributed by atoms with Crippen molar-refractivity contribution in [1.29, 1.82) is 0 Å². The van der Waals surface area contributed by atoms with Crippen molar-refractivity contribution in [1.82, 2.24) is 0 Å². The van der Waals surface area contributed by atoms with Gasteiger partial charge in [0.2, 0.25) is 0 Å². The van der Waals surface area contributed by atoms with Crippen molar-refractivity contribution >= 4 is 0 Å². The molecule has 1 aliphatic carbocycles. The standard InChI is InChI=1S/C17H34O3/c1-6-16(2,3)17(12-18-4,13-19-5)14-20-15-10-8-7-9-11-15/h15H,6-14H2,1-5H3. The molecule has 0 spiro atoms. The van der Waals surface area contributed by atoms with Gasteiger partial charge < -0.3 is 14.2 Å². The monoisotopic (exact) mass is 286 g/mol. The summed E-state index contributed by atoms with van der Waals surface area (Å²) in [6, 6.07) is 0. The molecule has 20 heavy (non-hydrogen) atoms. The third-order valence-electron chi connectivity index (χ3n) is 5.31. The molecule has 0 saturated heterocycles. The summed E-state index contributed by atoms with van der Waals surface area (Å²) in [5, 5.41) is 0. The molecule has 0 atom stereocenters. The molecule has 0 heterocycles. The number of methoxy groups -OCH3 is 2. The molecular formula is C17H34O3. The van der Waals surface area contributed by atoms with Gasteiger partial charge >= 0.3 is 0 Å². The summed E-state index contributed by atoms with van der Waals surface area (Å²) in [4.78, 5) is 0. The quantitative estimate of drug-likeness (QED) is 0.640. The Morgan fingerprint density at radius 1 is 0.900 bits per heavy atom. The Kier molecular flexibility index (Phi) is 7.49. The molecule has 1 aliphatic rings. The molecule has 0 aromatic heterocycles. The second-order valence-corrected chi connectivity index (χ2v) is 6.95. The van der Waals surface area contributed by atoms with Crippen LogP contribution in [0.5, 0.6) is 0 Å². The number of rotatable bonds is 9. The lowest BCUT2D eigenvalue weighted by Crippen LogP contribution is -2.49. The molecule has 120 valence electrons. The minimum atomic E-state index is -0.0668. The summed E-state index contributed by atoms with van der Waals surface area (Å²) in [6.45, 7) is 8.95. The van der Waals surface area contributed by atoms with E-state index in [-0.39, 0.29) is 10.8 Å². The highest BCUT2D eigenvalue weighted by Gasteiger charge is 2.45. The molecule has 1 fully saturated rings. The number of hydrogen-bond acceptors (Lipinski definition) is 3. The second kappa shape index (κ2) is 8.35. The van der Waals surface area contributed by atoms with Crippen molar-refractivity contribution in [3.8, 4) is 0 Å². The zero-order chi connectivity index (χ0) is 15.1. The first-order chi connectivity index (χ1) is 9.51. The van der Waals surface area contributed by atoms with E-state index in [4.69, 9.17) is 14.2 Å². The van der Waals surface area contributed by atoms with Crippen LogP contribution in [0.3, 0.4) is 0 Å². The van der Waals surface area contributed by atoms with Crippen LogP contribution in [0.25, 0.3) is 0 Å². The number of ether oxygens (including phenoxy) is 3. The summed E-state index contributed by atoms with van der Waals surface area (Å²) in [5.41, 5.74) is 0.0659. The average molecular weight is 286 g/mol. The number of hydrogen-bond donors (Lipinski definition) is 0. The Morgan fingerprint density at radius 2 is 1.45 bits per heavy atom. The van der Waals surface area contributed by atoms with Crippen LogP contribution < -0.4 is 0 Å². The van der Waals surface area contributed by atoms with Gasteiger partial charge in [0, 0.05) is 19.6 Å². The van der Waals surface area contributed by atoms with Crippen LogP contribution in [-0.4, -0.2) is 40.1 Å². The molecule has 0 aliphatic heterocycles. The van der Waals surface area contributed by atoms with E-state index in [0.717, 1.165) is 13.0 Å². The van der Waals surface area contributed by atoms with Crippen LogP contribution >= 0.6 is 0 Å². The van der Waals surface area contributed by atoms with Crippen molar-refractivity contribution in [2.24, 2.45) is 10.8 Å². The average Bonchev–Trinajstić information content (AvgIpc) is 2.46. The van der Waals surface area contributed by atoms with Crippen LogP contribution in [0, 0.1) is 10.8 Å². The molecule has 0 bridgehead atoms. The predicted octanol–water partition coefficient (Wildman–Crippen LogP) is 4.05. The zero-order valence-corrected chi connectivity index (χ0v) is 14.2. The highest BCUT2D eigenvalue weighted by Crippen LogP contribution is 2.43. The van der Waals surface area contributed by atoms with Crippen LogP contribution in [0.4, 0.5) is 0 Å². The maximum absolute atomic E-state index is 6.28. The molecule has 0 N–H and O–H groups in total. The van der Waals surface area contributed by atoms with E-state index in [1.54, 1.807) is 14.2 Å². The van der Waals surface area contributed by atoms with Crippen LogP contribution in [0.2, 0.25) is 0 Å². The molecule has 0 amide bonds. The zero-order valence-electron chi connectivity index (χ0n) is 14.2. The minimum Gasteiger partial charge on any atom is -0.384 e. The lowest BCUT2D eigenvalue weighted by Gasteiger charge is -2.46. The molecule has 3 nitrogen and oxygen atoms in total. The Labute approximate surface area is 125 Å². The summed E-state index contributed by atoms with van der Waals surface area (Å²) >= 11 is 0. The van der Waals surface area contributed by atoms with Gasteiger partial charge in [-0.3, -0.25) is 0 Å². The van der Waals surface area contributed by atoms with Gasteiger partial charge in [-0.05, 0) is 18.3 Å². The molecular weight excluding hydrogens is 252 g/mol. The van der Waals surface area contributed by atoms with Gasteiger partial charge in [0.15, 0.2) is 0 Å². The van der Waals surface area contributed by atoms with Crippen molar-refractivity contribution in [3.05, 3.63) is 0 Å². The van der Waals surface area contributed by atoms with Crippen molar-refractivity contribution < 1.29 is 14.2 Å². The fourth-order valence-corrected chi connectivity index (χ4v) is 3.15. The maximum Gasteiger partial charge on any atom is 0.0575 e. The Morgan fingerprint density at radius 3 is 1.90 bits per heavy atom. The van der Waals surface area contributed by atoms with Gasteiger partial charge in [0.05, 0.1) is 25.9 Å². The predicted molar refractivity (Wildman–Crippen MR) is 83.1 cm³/mol. The van der Waals surface area contributed by atoms with E-state index in [0.29, 0.717) is 19.3 Å². The molecule has 3 heteroatoms. The van der Waals surface area contributed by atoms with Gasteiger partial charge in [-0.15, -0.1) is 0 Å². The minimum absolute atomic E-state index is 0.0668. The van der Waals surface area contributed by atoms with Crippen molar-refractivity contribution in [2.75, 3.05) is 34.0 Å². The van der Waals surface area contributed by atoms with E-state index in [9.17, 15) is 0 Å². The normalized spacial score (nSPS) is 18.4. The SMILES string of the molecule is CCC(C)(C)C(COC)(COC)COC1CCCCC1. The van der Waals surface area contributed by atoms with Gasteiger partial charge in [0.25, 0.3) is 0 Å². The van der Waals surface area contributed by atoms with E-state index in [1.165, 1.54) is 32.1 Å². The lowest BCUT2D eigenvalue weighted by atomic mass is 9.65. The Balaban J connectivity index is 2.73. The third kappa shape index (κ3) is 4.44. The molecule has 1 saturated carbocycles. The van der Waals surface area contributed by atoms with Crippen LogP contribution in [0.15, 0.2) is 0 Å². The fourth-order valence-electron chi connectivity index (χ4n) is 3.15. The molecule has 0 radical (unpaired) electrons. The summed E-state index contributed by atoms with van der Waals surface area (Å²) in [5.74, 6) is 0. The topological polar surface area (TPSA) is 27.7 Å². The molecule has 1 rings (SSSR count). The molecule has 0 aromatic carbocycles. The second-order valence-electron chi connectivity index (χ2n) is 6.95. The first-order valence-electron chi connectivity index (χ1n) is 8.11. The third-order valence-corrected chi connectivity index (χ3v) is 5.31. The van der Waals surface area contributed by atoms with E-state index in [2.05, 4.69) is 20.8 Å². The highest BCUT2D eigenvalue weighted by molar-refractivity contribution is 4.93. The Bertz CT molecular complexity index is 251. The van der Waals surface area contributed by atoms with E-state index >= 15 is 0 Å². The van der Waals surface area contributed by atoms with Crippen LogP contribution in [0.1, 0.15) is 59.3 Å². The fraction of sp³-hybridized carbons (Fsp3) is 1.00. The highest BCUT2D eigenvalue weighted by atomic mass is 16.5. The maximum atomic E-state index is 6.28. The molecule has 0 unspecified atom stereocenters. The Hall–Kier alpha value is -0.120. The summed E-state index contributed by atoms with van der Waals surface area (Å²) in [6.07, 6.45) is 7.93. The van der Waals surface area contributed by atoms with Gasteiger partial charge in [0.1, 0.15) is 0 Å². The van der Waals surface area contributed by atoms with Crippen LogP contribution in [-0.2, 0) is 14.2 Å². The van der Waals surface area contributed by atoms with E-state index in [1.807, 2.05) is 0 Å². The van der Waals surface area contributed by atoms with Gasteiger partial charge in [-0.1, -0.05) is 46.5 Å². The van der Waals surface area contributed by atoms with Gasteiger partial charge in [-0.25, -0.2) is 0 Å². The van der Waals surface area contributed by atoms with E-state index < -0.39 is 0 Å². The molecule has 0 aromatic rings. The smallest absolute Gasteiger partial charge is 0.0575 e. The first kappa shape index (κ1) is 17.9. The lowest BCUT2D eigenvalue weighted by molar-refractivity contribution is -0.133. The van der Waals surface area contributed by atoms with Crippen molar-refractivity contribution in [2.45, 2.75) is 65.4 Å². The van der Waals surface area contributed by atoms with Crippen molar-refractivity contribution in [3.63, 3.8) is 0 Å². The first-order valence-corrected chi connectivity index (χ1v) is 8.11. The summed E-state index contributed by atoms with van der Waals surface area (Å²) < 4.78 is 17.3.